The molecule has 3 rings (SSSR count). The minimum absolute atomic E-state index is 0.0709. The molecule has 2 N–H and O–H groups in total. The molecule has 6 nitrogen and oxygen atoms in total. The number of anilines is 1. The number of amides is 1. The van der Waals surface area contributed by atoms with Gasteiger partial charge in [0.25, 0.3) is 5.91 Å². The molecule has 3 aromatic rings. The van der Waals surface area contributed by atoms with E-state index in [0.717, 1.165) is 17.7 Å². The fourth-order valence-electron chi connectivity index (χ4n) is 2.50. The molecule has 0 fully saturated rings. The van der Waals surface area contributed by atoms with E-state index in [2.05, 4.69) is 20.8 Å². The lowest BCUT2D eigenvalue weighted by Crippen LogP contribution is -2.23. The van der Waals surface area contributed by atoms with Gasteiger partial charge in [0.1, 0.15) is 0 Å². The van der Waals surface area contributed by atoms with Crippen molar-refractivity contribution < 1.29 is 9.32 Å². The first-order chi connectivity index (χ1) is 12.7. The number of aromatic nitrogens is 2. The van der Waals surface area contributed by atoms with Crippen molar-refractivity contribution in [3.05, 3.63) is 77.4 Å². The van der Waals surface area contributed by atoms with Crippen LogP contribution in [0, 0.1) is 0 Å². The van der Waals surface area contributed by atoms with Crippen LogP contribution in [0.4, 0.5) is 5.69 Å². The highest BCUT2D eigenvalue weighted by Gasteiger charge is 2.08. The molecule has 0 spiro atoms. The first kappa shape index (κ1) is 17.7. The lowest BCUT2D eigenvalue weighted by molar-refractivity contribution is 0.0953. The van der Waals surface area contributed by atoms with Crippen LogP contribution in [0.25, 0.3) is 0 Å². The van der Waals surface area contributed by atoms with Crippen molar-refractivity contribution in [1.29, 1.82) is 0 Å². The Balaban J connectivity index is 1.57. The van der Waals surface area contributed by atoms with Crippen molar-refractivity contribution in [1.82, 2.24) is 15.5 Å². The zero-order valence-electron chi connectivity index (χ0n) is 14.7. The minimum Gasteiger partial charge on any atom is -0.376 e. The topological polar surface area (TPSA) is 80.0 Å². The predicted molar refractivity (Wildman–Crippen MR) is 99.9 cm³/mol. The number of nitrogens with zero attached hydrogens (tertiary/aromatic N) is 2. The molecule has 0 aliphatic rings. The summed E-state index contributed by atoms with van der Waals surface area (Å²) in [4.78, 5) is 16.4. The minimum atomic E-state index is -0.0709. The van der Waals surface area contributed by atoms with E-state index in [0.29, 0.717) is 36.8 Å². The summed E-state index contributed by atoms with van der Waals surface area (Å²) in [5.41, 5.74) is 2.59. The lowest BCUT2D eigenvalue weighted by Gasteiger charge is -2.07. The van der Waals surface area contributed by atoms with Gasteiger partial charge < -0.3 is 15.2 Å². The summed E-state index contributed by atoms with van der Waals surface area (Å²) in [5, 5.41) is 10.1. The third-order valence-electron chi connectivity index (χ3n) is 3.82. The third kappa shape index (κ3) is 4.92. The quantitative estimate of drug-likeness (QED) is 0.651. The van der Waals surface area contributed by atoms with E-state index in [9.17, 15) is 4.79 Å². The predicted octanol–water partition coefficient (Wildman–Crippen LogP) is 3.41. The molecular weight excluding hydrogens is 328 g/mol. The van der Waals surface area contributed by atoms with Gasteiger partial charge in [0.15, 0.2) is 5.82 Å². The van der Waals surface area contributed by atoms with Crippen molar-refractivity contribution >= 4 is 11.6 Å². The Morgan fingerprint density at radius 2 is 1.96 bits per heavy atom. The number of hydrogen-bond donors (Lipinski definition) is 2. The van der Waals surface area contributed by atoms with Gasteiger partial charge in [-0.15, -0.1) is 0 Å². The second kappa shape index (κ2) is 8.80. The average Bonchev–Trinajstić information content (AvgIpc) is 3.13. The molecule has 0 saturated carbocycles. The summed E-state index contributed by atoms with van der Waals surface area (Å²) in [5.74, 6) is 1.09. The molecule has 1 heterocycles. The highest BCUT2D eigenvalue weighted by molar-refractivity contribution is 5.95. The van der Waals surface area contributed by atoms with Gasteiger partial charge in [-0.3, -0.25) is 4.79 Å². The molecule has 0 aliphatic carbocycles. The van der Waals surface area contributed by atoms with Crippen LogP contribution in [-0.2, 0) is 13.0 Å². The molecule has 0 aliphatic heterocycles. The zero-order chi connectivity index (χ0) is 18.2. The zero-order valence-corrected chi connectivity index (χ0v) is 14.7. The van der Waals surface area contributed by atoms with E-state index in [4.69, 9.17) is 4.52 Å². The first-order valence-corrected chi connectivity index (χ1v) is 8.72. The monoisotopic (exact) mass is 350 g/mol. The summed E-state index contributed by atoms with van der Waals surface area (Å²) in [7, 11) is 0. The van der Waals surface area contributed by atoms with Gasteiger partial charge in [-0.05, 0) is 30.2 Å². The van der Waals surface area contributed by atoms with Crippen LogP contribution in [-0.4, -0.2) is 22.6 Å². The van der Waals surface area contributed by atoms with Gasteiger partial charge in [0, 0.05) is 24.2 Å². The molecule has 134 valence electrons. The number of benzene rings is 2. The van der Waals surface area contributed by atoms with Gasteiger partial charge in [0.2, 0.25) is 5.89 Å². The molecule has 2 aromatic carbocycles. The van der Waals surface area contributed by atoms with Crippen LogP contribution in [0.1, 0.15) is 41.0 Å². The van der Waals surface area contributed by atoms with Crippen LogP contribution in [0.15, 0.2) is 59.1 Å². The fourth-order valence-corrected chi connectivity index (χ4v) is 2.50. The molecule has 0 atom stereocenters. The molecule has 0 unspecified atom stereocenters. The van der Waals surface area contributed by atoms with Crippen molar-refractivity contribution in [3.8, 4) is 0 Å². The summed E-state index contributed by atoms with van der Waals surface area (Å²) in [6.07, 6.45) is 1.55. The Bertz CT molecular complexity index is 846. The average molecular weight is 350 g/mol. The van der Waals surface area contributed by atoms with Crippen LogP contribution in [0.3, 0.4) is 0 Å². The SMILES string of the molecule is CCCNC(=O)c1cccc(NCc2nc(Cc3ccccc3)no2)c1. The highest BCUT2D eigenvalue weighted by atomic mass is 16.5. The fraction of sp³-hybridized carbons (Fsp3) is 0.250. The molecule has 0 radical (unpaired) electrons. The van der Waals surface area contributed by atoms with Gasteiger partial charge in [0.05, 0.1) is 6.54 Å². The largest absolute Gasteiger partial charge is 0.376 e. The second-order valence-corrected chi connectivity index (χ2v) is 5.96. The van der Waals surface area contributed by atoms with Crippen LogP contribution in [0.5, 0.6) is 0 Å². The second-order valence-electron chi connectivity index (χ2n) is 5.96. The molecular formula is C20H22N4O2. The molecule has 26 heavy (non-hydrogen) atoms. The van der Waals surface area contributed by atoms with Gasteiger partial charge in [-0.1, -0.05) is 48.5 Å². The van der Waals surface area contributed by atoms with Crippen molar-refractivity contribution in [2.75, 3.05) is 11.9 Å². The van der Waals surface area contributed by atoms with Crippen molar-refractivity contribution in [2.45, 2.75) is 26.3 Å². The Morgan fingerprint density at radius 3 is 2.77 bits per heavy atom. The number of nitrogens with one attached hydrogen (secondary N) is 2. The Kier molecular flexibility index (Phi) is 5.98. The summed E-state index contributed by atoms with van der Waals surface area (Å²) >= 11 is 0. The number of carbonyl (C=O) groups excluding carboxylic acids is 1. The maximum atomic E-state index is 12.0. The molecule has 1 aromatic heterocycles. The molecule has 0 saturated heterocycles. The Hall–Kier alpha value is -3.15. The summed E-state index contributed by atoms with van der Waals surface area (Å²) in [6, 6.07) is 17.4. The summed E-state index contributed by atoms with van der Waals surface area (Å²) < 4.78 is 5.29. The molecule has 1 amide bonds. The normalized spacial score (nSPS) is 10.5. The Labute approximate surface area is 152 Å². The number of rotatable bonds is 8. The van der Waals surface area contributed by atoms with Gasteiger partial charge >= 0.3 is 0 Å². The number of carbonyl (C=O) groups is 1. The number of hydrogen-bond acceptors (Lipinski definition) is 5. The first-order valence-electron chi connectivity index (χ1n) is 8.72. The van der Waals surface area contributed by atoms with Crippen LogP contribution in [0.2, 0.25) is 0 Å². The van der Waals surface area contributed by atoms with Crippen LogP contribution < -0.4 is 10.6 Å². The van der Waals surface area contributed by atoms with E-state index in [1.54, 1.807) is 6.07 Å². The van der Waals surface area contributed by atoms with Crippen molar-refractivity contribution in [2.24, 2.45) is 0 Å². The van der Waals surface area contributed by atoms with E-state index >= 15 is 0 Å². The highest BCUT2D eigenvalue weighted by Crippen LogP contribution is 2.13. The summed E-state index contributed by atoms with van der Waals surface area (Å²) in [6.45, 7) is 3.10. The molecule has 0 bridgehead atoms. The third-order valence-corrected chi connectivity index (χ3v) is 3.82. The molecule has 6 heteroatoms. The van der Waals surface area contributed by atoms with E-state index in [1.807, 2.05) is 55.5 Å². The van der Waals surface area contributed by atoms with E-state index in [-0.39, 0.29) is 5.91 Å². The standard InChI is InChI=1S/C20H22N4O2/c1-2-11-21-20(25)16-9-6-10-17(13-16)22-14-19-23-18(24-26-19)12-15-7-4-3-5-8-15/h3-10,13,22H,2,11-12,14H2,1H3,(H,21,25). The van der Waals surface area contributed by atoms with Crippen LogP contribution >= 0.6 is 0 Å². The van der Waals surface area contributed by atoms with Crippen molar-refractivity contribution in [3.63, 3.8) is 0 Å². The van der Waals surface area contributed by atoms with Gasteiger partial charge in [-0.25, -0.2) is 0 Å². The smallest absolute Gasteiger partial charge is 0.251 e. The van der Waals surface area contributed by atoms with Gasteiger partial charge in [-0.2, -0.15) is 4.98 Å². The maximum Gasteiger partial charge on any atom is 0.251 e. The lowest BCUT2D eigenvalue weighted by atomic mass is 10.1. The maximum absolute atomic E-state index is 12.0. The van der Waals surface area contributed by atoms with E-state index < -0.39 is 0 Å². The Morgan fingerprint density at radius 1 is 1.12 bits per heavy atom. The van der Waals surface area contributed by atoms with E-state index in [1.165, 1.54) is 0 Å².